The van der Waals surface area contributed by atoms with Gasteiger partial charge >= 0.3 is 0 Å². The first-order valence-corrected chi connectivity index (χ1v) is 7.03. The minimum absolute atomic E-state index is 0.113. The molecule has 0 aliphatic heterocycles. The second kappa shape index (κ2) is 6.04. The van der Waals surface area contributed by atoms with Crippen molar-refractivity contribution in [1.82, 2.24) is 0 Å². The van der Waals surface area contributed by atoms with Gasteiger partial charge in [0.15, 0.2) is 0 Å². The number of hydrogen-bond donors (Lipinski definition) is 1. The largest absolute Gasteiger partial charge is 0.326 e. The van der Waals surface area contributed by atoms with Crippen LogP contribution in [-0.2, 0) is 23.1 Å². The third-order valence-corrected chi connectivity index (χ3v) is 4.06. The Balaban J connectivity index is 2.23. The Morgan fingerprint density at radius 2 is 1.79 bits per heavy atom. The lowest BCUT2D eigenvalue weighted by atomic mass is 10.1. The maximum atomic E-state index is 13.5. The lowest BCUT2D eigenvalue weighted by Crippen LogP contribution is -2.02. The number of halogens is 2. The summed E-state index contributed by atoms with van der Waals surface area (Å²) in [6.07, 6.45) is 0. The lowest BCUT2D eigenvalue weighted by molar-refractivity contribution is 0.572. The van der Waals surface area contributed by atoms with Gasteiger partial charge in [0.2, 0.25) is 0 Å². The molecule has 1 unspecified atom stereocenters. The highest BCUT2D eigenvalue weighted by atomic mass is 32.2. The van der Waals surface area contributed by atoms with Gasteiger partial charge in [-0.05, 0) is 29.3 Å². The first-order chi connectivity index (χ1) is 9.10. The molecular weight excluding hydrogens is 268 g/mol. The topological polar surface area (TPSA) is 43.1 Å². The normalized spacial score (nSPS) is 12.4. The van der Waals surface area contributed by atoms with Crippen LogP contribution in [-0.4, -0.2) is 4.21 Å². The molecule has 100 valence electrons. The molecule has 0 saturated carbocycles. The minimum atomic E-state index is -1.62. The molecule has 2 N–H and O–H groups in total. The fourth-order valence-corrected chi connectivity index (χ4v) is 2.89. The second-order valence-corrected chi connectivity index (χ2v) is 5.51. The fourth-order valence-electron chi connectivity index (χ4n) is 1.73. The zero-order valence-corrected chi connectivity index (χ0v) is 10.9. The molecule has 1 atom stereocenters. The summed E-state index contributed by atoms with van der Waals surface area (Å²) in [7, 11) is -1.62. The molecule has 0 aliphatic carbocycles. The molecule has 0 bridgehead atoms. The molecule has 2 nitrogen and oxygen atoms in total. The van der Waals surface area contributed by atoms with Crippen LogP contribution in [0.1, 0.15) is 11.1 Å². The van der Waals surface area contributed by atoms with Gasteiger partial charge in [0.1, 0.15) is 11.6 Å². The summed E-state index contributed by atoms with van der Waals surface area (Å²) in [5.41, 5.74) is 7.21. The van der Waals surface area contributed by atoms with Gasteiger partial charge in [-0.2, -0.15) is 0 Å². The van der Waals surface area contributed by atoms with E-state index in [2.05, 4.69) is 0 Å². The Labute approximate surface area is 112 Å². The quantitative estimate of drug-likeness (QED) is 0.936. The lowest BCUT2D eigenvalue weighted by Gasteiger charge is -2.06. The van der Waals surface area contributed by atoms with E-state index >= 15 is 0 Å². The van der Waals surface area contributed by atoms with Crippen molar-refractivity contribution in [2.24, 2.45) is 5.73 Å². The van der Waals surface area contributed by atoms with Crippen molar-refractivity contribution in [3.63, 3.8) is 0 Å². The molecule has 0 aliphatic rings. The zero-order chi connectivity index (χ0) is 13.8. The van der Waals surface area contributed by atoms with Crippen LogP contribution in [0.25, 0.3) is 0 Å². The van der Waals surface area contributed by atoms with E-state index in [4.69, 9.17) is 5.73 Å². The van der Waals surface area contributed by atoms with Gasteiger partial charge < -0.3 is 5.73 Å². The summed E-state index contributed by atoms with van der Waals surface area (Å²) >= 11 is 0. The molecular formula is C14H13F2NOS. The summed E-state index contributed by atoms with van der Waals surface area (Å²) in [6.45, 7) is 0.384. The highest BCUT2D eigenvalue weighted by Gasteiger charge is 2.12. The van der Waals surface area contributed by atoms with E-state index in [0.29, 0.717) is 6.54 Å². The summed E-state index contributed by atoms with van der Waals surface area (Å²) in [4.78, 5) is -0.113. The number of hydrogen-bond acceptors (Lipinski definition) is 2. The Bertz CT molecular complexity index is 616. The van der Waals surface area contributed by atoms with E-state index in [1.165, 1.54) is 0 Å². The van der Waals surface area contributed by atoms with Gasteiger partial charge in [0, 0.05) is 6.54 Å². The van der Waals surface area contributed by atoms with Gasteiger partial charge in [-0.3, -0.25) is 4.21 Å². The van der Waals surface area contributed by atoms with Gasteiger partial charge in [0.05, 0.1) is 21.4 Å². The summed E-state index contributed by atoms with van der Waals surface area (Å²) < 4.78 is 38.6. The van der Waals surface area contributed by atoms with E-state index in [9.17, 15) is 13.0 Å². The first-order valence-electron chi connectivity index (χ1n) is 5.71. The third-order valence-electron chi connectivity index (χ3n) is 2.66. The summed E-state index contributed by atoms with van der Waals surface area (Å²) in [5, 5.41) is 0. The molecule has 0 heterocycles. The number of rotatable bonds is 4. The van der Waals surface area contributed by atoms with Crippen LogP contribution in [0.3, 0.4) is 0 Å². The van der Waals surface area contributed by atoms with Gasteiger partial charge in [-0.15, -0.1) is 0 Å². The maximum Gasteiger partial charge on any atom is 0.139 e. The molecule has 2 aromatic rings. The van der Waals surface area contributed by atoms with Crippen molar-refractivity contribution in [2.45, 2.75) is 17.2 Å². The molecule has 5 heteroatoms. The monoisotopic (exact) mass is 281 g/mol. The van der Waals surface area contributed by atoms with Gasteiger partial charge in [-0.25, -0.2) is 8.78 Å². The van der Waals surface area contributed by atoms with E-state index in [1.54, 1.807) is 12.1 Å². The predicted molar refractivity (Wildman–Crippen MR) is 70.8 cm³/mol. The van der Waals surface area contributed by atoms with Crippen LogP contribution in [0.2, 0.25) is 0 Å². The van der Waals surface area contributed by atoms with Crippen LogP contribution in [0, 0.1) is 11.6 Å². The average Bonchev–Trinajstić information content (AvgIpc) is 2.41. The van der Waals surface area contributed by atoms with Crippen molar-refractivity contribution >= 4 is 10.8 Å². The van der Waals surface area contributed by atoms with Gasteiger partial charge in [-0.1, -0.05) is 24.3 Å². The van der Waals surface area contributed by atoms with Crippen molar-refractivity contribution in [1.29, 1.82) is 0 Å². The van der Waals surface area contributed by atoms with E-state index in [1.807, 2.05) is 12.1 Å². The van der Waals surface area contributed by atoms with E-state index in [-0.39, 0.29) is 10.6 Å². The Hall–Kier alpha value is -1.59. The van der Waals surface area contributed by atoms with Gasteiger partial charge in [0.25, 0.3) is 0 Å². The van der Waals surface area contributed by atoms with Crippen molar-refractivity contribution in [2.75, 3.05) is 0 Å². The van der Waals surface area contributed by atoms with Crippen molar-refractivity contribution < 1.29 is 13.0 Å². The molecule has 0 aromatic heterocycles. The van der Waals surface area contributed by atoms with Crippen molar-refractivity contribution in [3.8, 4) is 0 Å². The molecule has 0 amide bonds. The summed E-state index contributed by atoms with van der Waals surface area (Å²) in [6, 6.07) is 10.2. The van der Waals surface area contributed by atoms with Crippen LogP contribution < -0.4 is 5.73 Å². The average molecular weight is 281 g/mol. The second-order valence-electron chi connectivity index (χ2n) is 4.09. The van der Waals surface area contributed by atoms with Crippen LogP contribution in [0.5, 0.6) is 0 Å². The zero-order valence-electron chi connectivity index (χ0n) is 10.1. The highest BCUT2D eigenvalue weighted by Crippen LogP contribution is 2.18. The highest BCUT2D eigenvalue weighted by molar-refractivity contribution is 7.84. The van der Waals surface area contributed by atoms with Crippen LogP contribution in [0.4, 0.5) is 8.78 Å². The SMILES string of the molecule is NCc1cccc(CS(=O)c2cc(F)ccc2F)c1. The Morgan fingerprint density at radius 1 is 1.05 bits per heavy atom. The maximum absolute atomic E-state index is 13.5. The standard InChI is InChI=1S/C14H13F2NOS/c15-12-4-5-13(16)14(7-12)19(18)9-11-3-1-2-10(6-11)8-17/h1-7H,8-9,17H2. The number of nitrogens with two attached hydrogens (primary N) is 1. The van der Waals surface area contributed by atoms with Crippen LogP contribution >= 0.6 is 0 Å². The fraction of sp³-hybridized carbons (Fsp3) is 0.143. The smallest absolute Gasteiger partial charge is 0.139 e. The number of benzene rings is 2. The molecule has 0 radical (unpaired) electrons. The van der Waals surface area contributed by atoms with E-state index < -0.39 is 22.4 Å². The third kappa shape index (κ3) is 3.45. The predicted octanol–water partition coefficient (Wildman–Crippen LogP) is 2.73. The molecule has 0 fully saturated rings. The molecule has 0 saturated heterocycles. The Kier molecular flexibility index (Phi) is 4.39. The van der Waals surface area contributed by atoms with Crippen molar-refractivity contribution in [3.05, 3.63) is 65.2 Å². The first kappa shape index (κ1) is 13.8. The minimum Gasteiger partial charge on any atom is -0.326 e. The molecule has 19 heavy (non-hydrogen) atoms. The Morgan fingerprint density at radius 3 is 2.53 bits per heavy atom. The molecule has 2 rings (SSSR count). The molecule has 2 aromatic carbocycles. The molecule has 0 spiro atoms. The van der Waals surface area contributed by atoms with Crippen LogP contribution in [0.15, 0.2) is 47.4 Å². The summed E-state index contributed by atoms with van der Waals surface area (Å²) in [5.74, 6) is -1.12. The van der Waals surface area contributed by atoms with E-state index in [0.717, 1.165) is 29.3 Å².